The van der Waals surface area contributed by atoms with E-state index in [0.717, 1.165) is 31.0 Å². The summed E-state index contributed by atoms with van der Waals surface area (Å²) < 4.78 is 18.4. The van der Waals surface area contributed by atoms with Gasteiger partial charge in [-0.2, -0.15) is 0 Å². The first-order valence-corrected chi connectivity index (χ1v) is 12.7. The van der Waals surface area contributed by atoms with Crippen molar-refractivity contribution in [2.45, 2.75) is 20.5 Å². The molecular formula is C30H24INO4. The van der Waals surface area contributed by atoms with E-state index >= 15 is 0 Å². The van der Waals surface area contributed by atoms with Crippen LogP contribution in [0.15, 0.2) is 89.6 Å². The van der Waals surface area contributed by atoms with Gasteiger partial charge in [0.1, 0.15) is 6.61 Å². The zero-order valence-electron chi connectivity index (χ0n) is 20.0. The molecule has 0 N–H and O–H groups in total. The van der Waals surface area contributed by atoms with Crippen LogP contribution in [-0.4, -0.2) is 18.5 Å². The summed E-state index contributed by atoms with van der Waals surface area (Å²) in [7, 11) is 0. The summed E-state index contributed by atoms with van der Waals surface area (Å²) in [4.78, 5) is 17.1. The van der Waals surface area contributed by atoms with Crippen molar-refractivity contribution >= 4 is 51.3 Å². The van der Waals surface area contributed by atoms with E-state index in [1.165, 1.54) is 5.56 Å². The number of ether oxygens (including phenoxy) is 3. The van der Waals surface area contributed by atoms with Crippen molar-refractivity contribution in [3.63, 3.8) is 0 Å². The van der Waals surface area contributed by atoms with Gasteiger partial charge in [0.05, 0.1) is 10.2 Å². The van der Waals surface area contributed by atoms with E-state index in [9.17, 15) is 4.79 Å². The normalized spacial score (nSPS) is 14.1. The van der Waals surface area contributed by atoms with Crippen LogP contribution in [0.2, 0.25) is 0 Å². The summed E-state index contributed by atoms with van der Waals surface area (Å²) in [6.07, 6.45) is 1.71. The minimum atomic E-state index is -0.481. The Morgan fingerprint density at radius 2 is 1.78 bits per heavy atom. The summed E-state index contributed by atoms with van der Waals surface area (Å²) >= 11 is 2.23. The molecule has 1 aliphatic heterocycles. The van der Waals surface area contributed by atoms with Crippen molar-refractivity contribution in [2.75, 3.05) is 6.61 Å². The summed E-state index contributed by atoms with van der Waals surface area (Å²) in [5.41, 5.74) is 4.05. The Bertz CT molecular complexity index is 1520. The molecule has 0 atom stereocenters. The van der Waals surface area contributed by atoms with Crippen LogP contribution in [-0.2, 0) is 16.1 Å². The van der Waals surface area contributed by atoms with Crippen LogP contribution in [0.25, 0.3) is 16.8 Å². The van der Waals surface area contributed by atoms with Gasteiger partial charge >= 0.3 is 5.97 Å². The molecule has 5 nitrogen and oxygen atoms in total. The van der Waals surface area contributed by atoms with Gasteiger partial charge < -0.3 is 14.2 Å². The molecule has 5 rings (SSSR count). The highest BCUT2D eigenvalue weighted by Crippen LogP contribution is 2.36. The molecule has 0 aliphatic carbocycles. The molecule has 0 spiro atoms. The number of hydrogen-bond acceptors (Lipinski definition) is 5. The van der Waals surface area contributed by atoms with Crippen LogP contribution in [0.3, 0.4) is 0 Å². The van der Waals surface area contributed by atoms with E-state index < -0.39 is 5.97 Å². The van der Waals surface area contributed by atoms with Crippen molar-refractivity contribution in [3.8, 4) is 11.5 Å². The van der Waals surface area contributed by atoms with Gasteiger partial charge in [0.25, 0.3) is 0 Å². The minimum absolute atomic E-state index is 0.241. The Hall–Kier alpha value is -3.65. The number of benzene rings is 4. The van der Waals surface area contributed by atoms with Crippen LogP contribution < -0.4 is 9.47 Å². The largest absolute Gasteiger partial charge is 0.490 e. The number of rotatable bonds is 7. The van der Waals surface area contributed by atoms with Crippen LogP contribution in [0.4, 0.5) is 0 Å². The Labute approximate surface area is 223 Å². The van der Waals surface area contributed by atoms with Crippen LogP contribution in [0.5, 0.6) is 11.5 Å². The number of hydrogen-bond donors (Lipinski definition) is 0. The van der Waals surface area contributed by atoms with Crippen molar-refractivity contribution in [1.29, 1.82) is 0 Å². The van der Waals surface area contributed by atoms with Gasteiger partial charge in [0, 0.05) is 5.56 Å². The topological polar surface area (TPSA) is 57.1 Å². The average Bonchev–Trinajstić information content (AvgIpc) is 3.23. The molecule has 6 heteroatoms. The predicted octanol–water partition coefficient (Wildman–Crippen LogP) is 7.08. The lowest BCUT2D eigenvalue weighted by Gasteiger charge is -2.15. The Morgan fingerprint density at radius 3 is 2.58 bits per heavy atom. The van der Waals surface area contributed by atoms with Gasteiger partial charge in [0.15, 0.2) is 17.2 Å². The summed E-state index contributed by atoms with van der Waals surface area (Å²) in [6.45, 7) is 4.91. The monoisotopic (exact) mass is 589 g/mol. The van der Waals surface area contributed by atoms with E-state index in [1.807, 2.05) is 73.7 Å². The highest BCUT2D eigenvalue weighted by molar-refractivity contribution is 14.1. The zero-order chi connectivity index (χ0) is 25.1. The standard InChI is InChI=1S/C30H24INO4/c1-3-34-27-16-21(14-25(31)28(27)35-18-20-8-6-7-19(2)13-20)15-26-30(33)36-29(32-26)24-12-11-22-9-4-5-10-23(22)17-24/h4-17H,3,18H2,1-2H3/b26-15-. The van der Waals surface area contributed by atoms with Gasteiger partial charge in [-0.3, -0.25) is 0 Å². The van der Waals surface area contributed by atoms with Crippen molar-refractivity contribution in [3.05, 3.63) is 110 Å². The number of aliphatic imine (C=N–C) groups is 1. The summed E-state index contributed by atoms with van der Waals surface area (Å²) in [5, 5.41) is 2.17. The average molecular weight is 589 g/mol. The van der Waals surface area contributed by atoms with E-state index in [1.54, 1.807) is 6.08 Å². The third-order valence-electron chi connectivity index (χ3n) is 5.72. The lowest BCUT2D eigenvalue weighted by atomic mass is 10.1. The fourth-order valence-electron chi connectivity index (χ4n) is 4.04. The fraction of sp³-hybridized carbons (Fsp3) is 0.133. The van der Waals surface area contributed by atoms with E-state index in [4.69, 9.17) is 14.2 Å². The maximum atomic E-state index is 12.6. The third-order valence-corrected chi connectivity index (χ3v) is 6.52. The van der Waals surface area contributed by atoms with Gasteiger partial charge in [-0.05, 0) is 88.7 Å². The second-order valence-electron chi connectivity index (χ2n) is 8.44. The molecule has 1 heterocycles. The molecule has 180 valence electrons. The number of fused-ring (bicyclic) bond motifs is 1. The van der Waals surface area contributed by atoms with E-state index in [-0.39, 0.29) is 5.70 Å². The molecule has 1 aliphatic rings. The number of carbonyl (C=O) groups is 1. The molecule has 0 unspecified atom stereocenters. The minimum Gasteiger partial charge on any atom is -0.490 e. The number of nitrogens with zero attached hydrogens (tertiary/aromatic N) is 1. The van der Waals surface area contributed by atoms with E-state index in [2.05, 4.69) is 46.6 Å². The smallest absolute Gasteiger partial charge is 0.363 e. The lowest BCUT2D eigenvalue weighted by Crippen LogP contribution is -2.05. The van der Waals surface area contributed by atoms with Gasteiger partial charge in [-0.25, -0.2) is 9.79 Å². The Morgan fingerprint density at radius 1 is 0.944 bits per heavy atom. The molecule has 0 aromatic heterocycles. The number of halogens is 1. The molecule has 0 saturated carbocycles. The van der Waals surface area contributed by atoms with Gasteiger partial charge in [-0.1, -0.05) is 60.2 Å². The molecule has 4 aromatic rings. The van der Waals surface area contributed by atoms with Gasteiger partial charge in [-0.15, -0.1) is 0 Å². The van der Waals surface area contributed by atoms with Crippen LogP contribution in [0.1, 0.15) is 29.2 Å². The van der Waals surface area contributed by atoms with Crippen LogP contribution in [0, 0.1) is 10.5 Å². The second kappa shape index (κ2) is 10.5. The number of carbonyl (C=O) groups excluding carboxylic acids is 1. The first kappa shape index (κ1) is 24.1. The molecule has 0 amide bonds. The highest BCUT2D eigenvalue weighted by atomic mass is 127. The fourth-order valence-corrected chi connectivity index (χ4v) is 4.83. The molecule has 4 aromatic carbocycles. The first-order valence-electron chi connectivity index (χ1n) is 11.7. The number of esters is 1. The first-order chi connectivity index (χ1) is 17.5. The molecule has 0 fully saturated rings. The molecule has 0 saturated heterocycles. The van der Waals surface area contributed by atoms with Crippen molar-refractivity contribution < 1.29 is 19.0 Å². The van der Waals surface area contributed by atoms with Crippen LogP contribution >= 0.6 is 22.6 Å². The highest BCUT2D eigenvalue weighted by Gasteiger charge is 2.25. The Balaban J connectivity index is 1.42. The lowest BCUT2D eigenvalue weighted by molar-refractivity contribution is -0.129. The third kappa shape index (κ3) is 5.28. The molecular weight excluding hydrogens is 565 g/mol. The molecule has 36 heavy (non-hydrogen) atoms. The molecule has 0 radical (unpaired) electrons. The maximum absolute atomic E-state index is 12.6. The molecule has 0 bridgehead atoms. The summed E-state index contributed by atoms with van der Waals surface area (Å²) in [5.74, 6) is 1.12. The van der Waals surface area contributed by atoms with E-state index in [0.29, 0.717) is 30.6 Å². The zero-order valence-corrected chi connectivity index (χ0v) is 22.1. The van der Waals surface area contributed by atoms with Gasteiger partial charge in [0.2, 0.25) is 5.90 Å². The van der Waals surface area contributed by atoms with Crippen molar-refractivity contribution in [2.24, 2.45) is 4.99 Å². The Kier molecular flexibility index (Phi) is 7.04. The van der Waals surface area contributed by atoms with Crippen molar-refractivity contribution in [1.82, 2.24) is 0 Å². The number of aryl methyl sites for hydroxylation is 1. The predicted molar refractivity (Wildman–Crippen MR) is 150 cm³/mol. The number of cyclic esters (lactones) is 1. The maximum Gasteiger partial charge on any atom is 0.363 e. The summed E-state index contributed by atoms with van der Waals surface area (Å²) in [6, 6.07) is 25.9. The quantitative estimate of drug-likeness (QED) is 0.131. The second-order valence-corrected chi connectivity index (χ2v) is 9.60. The SMILES string of the molecule is CCOc1cc(/C=C2\N=C(c3ccc4ccccc4c3)OC2=O)cc(I)c1OCc1cccc(C)c1.